The second-order valence-corrected chi connectivity index (χ2v) is 8.42. The van der Waals surface area contributed by atoms with E-state index in [2.05, 4.69) is 41.3 Å². The maximum absolute atomic E-state index is 12.0. The summed E-state index contributed by atoms with van der Waals surface area (Å²) in [7, 11) is 0. The Morgan fingerprint density at radius 3 is 2.75 bits per heavy atom. The molecule has 1 amide bonds. The SMILES string of the molecule is CC(C)CCC(C)NC(=O)CSc1n[nH]c(CCC2CCCC2)n1. The van der Waals surface area contributed by atoms with Crippen molar-refractivity contribution in [3.05, 3.63) is 5.82 Å². The van der Waals surface area contributed by atoms with Crippen molar-refractivity contribution in [2.24, 2.45) is 11.8 Å². The standard InChI is InChI=1S/C18H32N4OS/c1-13(2)8-9-14(3)19-17(23)12-24-18-20-16(21-22-18)11-10-15-6-4-5-7-15/h13-15H,4-12H2,1-3H3,(H,19,23)(H,20,21,22). The van der Waals surface area contributed by atoms with Gasteiger partial charge in [0, 0.05) is 12.5 Å². The number of carbonyl (C=O) groups is 1. The van der Waals surface area contributed by atoms with E-state index in [0.717, 1.165) is 31.0 Å². The molecule has 1 aliphatic carbocycles. The van der Waals surface area contributed by atoms with Crippen molar-refractivity contribution in [3.8, 4) is 0 Å². The van der Waals surface area contributed by atoms with Gasteiger partial charge in [0.15, 0.2) is 0 Å². The minimum atomic E-state index is 0.0635. The van der Waals surface area contributed by atoms with Crippen LogP contribution >= 0.6 is 11.8 Å². The van der Waals surface area contributed by atoms with E-state index in [-0.39, 0.29) is 11.9 Å². The summed E-state index contributed by atoms with van der Waals surface area (Å²) in [5, 5.41) is 11.0. The number of nitrogens with one attached hydrogen (secondary N) is 2. The number of hydrogen-bond donors (Lipinski definition) is 2. The third-order valence-corrected chi connectivity index (χ3v) is 5.54. The molecule has 1 aromatic rings. The van der Waals surface area contributed by atoms with Gasteiger partial charge in [-0.3, -0.25) is 9.89 Å². The fraction of sp³-hybridized carbons (Fsp3) is 0.833. The average Bonchev–Trinajstić information content (AvgIpc) is 3.20. The number of aryl methyl sites for hydroxylation is 1. The molecule has 1 fully saturated rings. The highest BCUT2D eigenvalue weighted by atomic mass is 32.2. The lowest BCUT2D eigenvalue weighted by Crippen LogP contribution is -2.34. The van der Waals surface area contributed by atoms with Gasteiger partial charge in [-0.15, -0.1) is 5.10 Å². The van der Waals surface area contributed by atoms with Gasteiger partial charge >= 0.3 is 0 Å². The minimum absolute atomic E-state index is 0.0635. The zero-order valence-corrected chi connectivity index (χ0v) is 16.1. The van der Waals surface area contributed by atoms with Crippen molar-refractivity contribution in [3.63, 3.8) is 0 Å². The Bertz CT molecular complexity index is 497. The molecule has 2 N–H and O–H groups in total. The fourth-order valence-electron chi connectivity index (χ4n) is 3.20. The summed E-state index contributed by atoms with van der Waals surface area (Å²) in [6.45, 7) is 6.48. The molecule has 0 aromatic carbocycles. The summed E-state index contributed by atoms with van der Waals surface area (Å²) in [4.78, 5) is 16.5. The third kappa shape index (κ3) is 7.24. The number of hydrogen-bond acceptors (Lipinski definition) is 4. The van der Waals surface area contributed by atoms with E-state index in [1.54, 1.807) is 0 Å². The van der Waals surface area contributed by atoms with Gasteiger partial charge in [0.1, 0.15) is 5.82 Å². The van der Waals surface area contributed by atoms with Gasteiger partial charge in [0.25, 0.3) is 0 Å². The van der Waals surface area contributed by atoms with E-state index >= 15 is 0 Å². The van der Waals surface area contributed by atoms with Crippen LogP contribution in [0.15, 0.2) is 5.16 Å². The molecule has 5 nitrogen and oxygen atoms in total. The normalized spacial score (nSPS) is 16.7. The smallest absolute Gasteiger partial charge is 0.230 e. The fourth-order valence-corrected chi connectivity index (χ4v) is 3.82. The lowest BCUT2D eigenvalue weighted by atomic mass is 10.0. The number of H-pyrrole nitrogens is 1. The van der Waals surface area contributed by atoms with Gasteiger partial charge in [-0.2, -0.15) is 0 Å². The highest BCUT2D eigenvalue weighted by Gasteiger charge is 2.16. The van der Waals surface area contributed by atoms with Crippen molar-refractivity contribution in [1.29, 1.82) is 0 Å². The van der Waals surface area contributed by atoms with Crippen molar-refractivity contribution in [2.45, 2.75) is 83.3 Å². The van der Waals surface area contributed by atoms with E-state index in [0.29, 0.717) is 16.8 Å². The first kappa shape index (κ1) is 19.3. The summed E-state index contributed by atoms with van der Waals surface area (Å²) in [5.41, 5.74) is 0. The van der Waals surface area contributed by atoms with Crippen LogP contribution in [0.1, 0.15) is 71.5 Å². The highest BCUT2D eigenvalue weighted by molar-refractivity contribution is 7.99. The first-order valence-electron chi connectivity index (χ1n) is 9.36. The molecule has 136 valence electrons. The molecular formula is C18H32N4OS. The predicted molar refractivity (Wildman–Crippen MR) is 99.1 cm³/mol. The summed E-state index contributed by atoms with van der Waals surface area (Å²) in [6.07, 6.45) is 9.83. The lowest BCUT2D eigenvalue weighted by Gasteiger charge is -2.14. The molecule has 0 saturated heterocycles. The van der Waals surface area contributed by atoms with Gasteiger partial charge in [-0.05, 0) is 38.0 Å². The molecule has 1 aliphatic rings. The molecule has 0 bridgehead atoms. The minimum Gasteiger partial charge on any atom is -0.353 e. The van der Waals surface area contributed by atoms with Gasteiger partial charge < -0.3 is 5.32 Å². The Morgan fingerprint density at radius 1 is 1.29 bits per heavy atom. The van der Waals surface area contributed by atoms with Crippen molar-refractivity contribution >= 4 is 17.7 Å². The second-order valence-electron chi connectivity index (χ2n) is 7.48. The van der Waals surface area contributed by atoms with Crippen LogP contribution in [0.3, 0.4) is 0 Å². The van der Waals surface area contributed by atoms with Gasteiger partial charge in [0.2, 0.25) is 11.1 Å². The zero-order valence-electron chi connectivity index (χ0n) is 15.3. The first-order chi connectivity index (χ1) is 11.5. The summed E-state index contributed by atoms with van der Waals surface area (Å²) in [6, 6.07) is 0.231. The number of aromatic amines is 1. The van der Waals surface area contributed by atoms with Crippen LogP contribution in [0.5, 0.6) is 0 Å². The maximum atomic E-state index is 12.0. The van der Waals surface area contributed by atoms with Crippen molar-refractivity contribution in [1.82, 2.24) is 20.5 Å². The molecule has 24 heavy (non-hydrogen) atoms. The number of aromatic nitrogens is 3. The molecule has 1 unspecified atom stereocenters. The second kappa shape index (κ2) is 10.1. The zero-order chi connectivity index (χ0) is 17.4. The Labute approximate surface area is 150 Å². The van der Waals surface area contributed by atoms with E-state index in [4.69, 9.17) is 0 Å². The van der Waals surface area contributed by atoms with Crippen LogP contribution in [-0.2, 0) is 11.2 Å². The van der Waals surface area contributed by atoms with Crippen LogP contribution in [0.2, 0.25) is 0 Å². The molecule has 1 atom stereocenters. The third-order valence-electron chi connectivity index (χ3n) is 4.69. The number of rotatable bonds is 10. The molecule has 1 heterocycles. The highest BCUT2D eigenvalue weighted by Crippen LogP contribution is 2.28. The summed E-state index contributed by atoms with van der Waals surface area (Å²) >= 11 is 1.41. The van der Waals surface area contributed by atoms with Gasteiger partial charge in [0.05, 0.1) is 5.75 Å². The molecule has 0 radical (unpaired) electrons. The van der Waals surface area contributed by atoms with E-state index in [1.165, 1.54) is 43.9 Å². The molecule has 0 spiro atoms. The largest absolute Gasteiger partial charge is 0.353 e. The number of carbonyl (C=O) groups excluding carboxylic acids is 1. The Hall–Kier alpha value is -1.04. The monoisotopic (exact) mass is 352 g/mol. The summed E-state index contributed by atoms with van der Waals surface area (Å²) in [5.74, 6) is 2.94. The molecule has 2 rings (SSSR count). The van der Waals surface area contributed by atoms with E-state index < -0.39 is 0 Å². The van der Waals surface area contributed by atoms with E-state index in [9.17, 15) is 4.79 Å². The molecule has 0 aliphatic heterocycles. The number of amides is 1. The van der Waals surface area contributed by atoms with Gasteiger partial charge in [-0.25, -0.2) is 4.98 Å². The molecule has 1 saturated carbocycles. The first-order valence-corrected chi connectivity index (χ1v) is 10.3. The van der Waals surface area contributed by atoms with Crippen molar-refractivity contribution in [2.75, 3.05) is 5.75 Å². The van der Waals surface area contributed by atoms with Crippen LogP contribution < -0.4 is 5.32 Å². The van der Waals surface area contributed by atoms with Crippen LogP contribution in [0.4, 0.5) is 0 Å². The Kier molecular flexibility index (Phi) is 8.09. The van der Waals surface area contributed by atoms with Crippen LogP contribution in [0.25, 0.3) is 0 Å². The van der Waals surface area contributed by atoms with Crippen molar-refractivity contribution < 1.29 is 4.79 Å². The quantitative estimate of drug-likeness (QED) is 0.625. The molecule has 6 heteroatoms. The van der Waals surface area contributed by atoms with Crippen LogP contribution in [0, 0.1) is 11.8 Å². The molecule has 1 aromatic heterocycles. The molecular weight excluding hydrogens is 320 g/mol. The van der Waals surface area contributed by atoms with Gasteiger partial charge in [-0.1, -0.05) is 51.3 Å². The number of nitrogens with zero attached hydrogens (tertiary/aromatic N) is 2. The Balaban J connectivity index is 1.63. The Morgan fingerprint density at radius 2 is 2.04 bits per heavy atom. The van der Waals surface area contributed by atoms with Crippen LogP contribution in [-0.4, -0.2) is 32.9 Å². The summed E-state index contributed by atoms with van der Waals surface area (Å²) < 4.78 is 0. The topological polar surface area (TPSA) is 70.7 Å². The lowest BCUT2D eigenvalue weighted by molar-refractivity contribution is -0.119. The predicted octanol–water partition coefficient (Wildman–Crippen LogP) is 3.96. The number of thioether (sulfide) groups is 1. The van der Waals surface area contributed by atoms with E-state index in [1.807, 2.05) is 0 Å². The maximum Gasteiger partial charge on any atom is 0.230 e. The average molecular weight is 353 g/mol.